The van der Waals surface area contributed by atoms with Crippen LogP contribution in [0.25, 0.3) is 0 Å². The molecule has 3 saturated carbocycles. The molecule has 0 amide bonds. The number of allylic oxidation sites excluding steroid dienone is 5. The molecule has 6 aliphatic rings. The number of aliphatic hydroxyl groups is 2. The fourth-order valence-electron chi connectivity index (χ4n) is 8.93. The van der Waals surface area contributed by atoms with Crippen molar-refractivity contribution in [2.45, 2.75) is 89.3 Å². The molecule has 1 saturated heterocycles. The van der Waals surface area contributed by atoms with Crippen molar-refractivity contribution >= 4 is 11.6 Å². The van der Waals surface area contributed by atoms with Crippen molar-refractivity contribution in [3.05, 3.63) is 35.5 Å². The number of ketones is 2. The lowest BCUT2D eigenvalue weighted by atomic mass is 9.46. The van der Waals surface area contributed by atoms with Crippen molar-refractivity contribution < 1.29 is 29.3 Å². The quantitative estimate of drug-likeness (QED) is 0.617. The molecule has 9 atom stereocenters. The molecule has 1 heterocycles. The lowest BCUT2D eigenvalue weighted by molar-refractivity contribution is -0.195. The predicted molar refractivity (Wildman–Crippen MR) is 125 cm³/mol. The summed E-state index contributed by atoms with van der Waals surface area (Å²) in [5.41, 5.74) is -0.0114. The molecule has 0 aromatic carbocycles. The van der Waals surface area contributed by atoms with Gasteiger partial charge in [0.1, 0.15) is 6.61 Å². The fraction of sp³-hybridized carbons (Fsp3) is 0.714. The van der Waals surface area contributed by atoms with E-state index in [0.717, 1.165) is 49.7 Å². The van der Waals surface area contributed by atoms with Crippen LogP contribution in [0.15, 0.2) is 35.5 Å². The summed E-state index contributed by atoms with van der Waals surface area (Å²) in [7, 11) is 0. The molecule has 0 aromatic heterocycles. The second-order valence-electron chi connectivity index (χ2n) is 11.9. The molecule has 5 aliphatic carbocycles. The fourth-order valence-corrected chi connectivity index (χ4v) is 8.93. The zero-order valence-electron chi connectivity index (χ0n) is 20.2. The molecule has 0 radical (unpaired) electrons. The highest BCUT2D eigenvalue weighted by Crippen LogP contribution is 2.69. The Morgan fingerprint density at radius 1 is 1.24 bits per heavy atom. The van der Waals surface area contributed by atoms with Crippen molar-refractivity contribution in [2.75, 3.05) is 6.61 Å². The van der Waals surface area contributed by atoms with Crippen molar-refractivity contribution in [3.63, 3.8) is 0 Å². The SMILES string of the molecule is C[C@]12C=CC(=O)C=C1CC[C@@H]1[C@@H]2[C@@H](O)C[C@@]2(C)[C@H]1C[C@H]1OC(C3=CCCCC3)O[C@]12C(=O)CO. The van der Waals surface area contributed by atoms with Crippen molar-refractivity contribution in [3.8, 4) is 0 Å². The molecular formula is C28H36O6. The molecule has 6 nitrogen and oxygen atoms in total. The number of ether oxygens (including phenoxy) is 2. The number of aliphatic hydroxyl groups excluding tert-OH is 2. The topological polar surface area (TPSA) is 93.1 Å². The van der Waals surface area contributed by atoms with Gasteiger partial charge in [0.15, 0.2) is 23.5 Å². The first-order chi connectivity index (χ1) is 16.2. The van der Waals surface area contributed by atoms with E-state index in [1.54, 1.807) is 12.2 Å². The Morgan fingerprint density at radius 2 is 2.06 bits per heavy atom. The highest BCUT2D eigenvalue weighted by molar-refractivity contribution is 6.01. The summed E-state index contributed by atoms with van der Waals surface area (Å²) >= 11 is 0. The third-order valence-corrected chi connectivity index (χ3v) is 10.4. The van der Waals surface area contributed by atoms with E-state index in [1.807, 2.05) is 6.08 Å². The molecular weight excluding hydrogens is 432 g/mol. The Bertz CT molecular complexity index is 1010. The molecule has 0 spiro atoms. The molecule has 184 valence electrons. The molecule has 2 N–H and O–H groups in total. The monoisotopic (exact) mass is 468 g/mol. The number of hydrogen-bond acceptors (Lipinski definition) is 6. The molecule has 0 bridgehead atoms. The van der Waals surface area contributed by atoms with Gasteiger partial charge in [0, 0.05) is 16.7 Å². The molecule has 0 aromatic rings. The molecule has 34 heavy (non-hydrogen) atoms. The first kappa shape index (κ1) is 22.8. The lowest BCUT2D eigenvalue weighted by Gasteiger charge is -2.59. The summed E-state index contributed by atoms with van der Waals surface area (Å²) in [4.78, 5) is 25.5. The normalized spacial score (nSPS) is 49.5. The van der Waals surface area contributed by atoms with E-state index in [9.17, 15) is 19.8 Å². The standard InChI is InChI=1S/C28H36O6/c1-26-11-10-18(30)12-17(26)8-9-19-20-13-23-28(22(32)15-29,27(20,2)14-21(31)24(19)26)34-25(33-23)16-6-4-3-5-7-16/h6,10-12,19-21,23-25,29,31H,3-5,7-9,13-15H2,1-2H3/t19-,20-,21-,23+,24+,25?,26-,27-,28+/m0/s1. The highest BCUT2D eigenvalue weighted by atomic mass is 16.7. The number of fused-ring (bicyclic) bond motifs is 7. The highest BCUT2D eigenvalue weighted by Gasteiger charge is 2.75. The Morgan fingerprint density at radius 3 is 2.79 bits per heavy atom. The summed E-state index contributed by atoms with van der Waals surface area (Å²) in [5, 5.41) is 21.7. The molecule has 6 heteroatoms. The van der Waals surface area contributed by atoms with E-state index >= 15 is 0 Å². The third-order valence-electron chi connectivity index (χ3n) is 10.4. The molecule has 1 unspecified atom stereocenters. The zero-order chi connectivity index (χ0) is 23.9. The number of hydrogen-bond donors (Lipinski definition) is 2. The number of Topliss-reactive ketones (excluding diaryl/α,β-unsaturated/α-hetero) is 1. The van der Waals surface area contributed by atoms with Crippen molar-refractivity contribution in [1.82, 2.24) is 0 Å². The van der Waals surface area contributed by atoms with E-state index < -0.39 is 36.1 Å². The summed E-state index contributed by atoms with van der Waals surface area (Å²) in [6, 6.07) is 0. The van der Waals surface area contributed by atoms with Crippen LogP contribution in [-0.4, -0.2) is 52.5 Å². The van der Waals surface area contributed by atoms with E-state index in [2.05, 4.69) is 19.9 Å². The van der Waals surface area contributed by atoms with Gasteiger partial charge in [0.2, 0.25) is 0 Å². The van der Waals surface area contributed by atoms with Crippen LogP contribution in [0, 0.1) is 28.6 Å². The Labute approximate surface area is 201 Å². The number of carbonyl (C=O) groups is 2. The molecule has 4 fully saturated rings. The van der Waals surface area contributed by atoms with E-state index in [1.165, 1.54) is 0 Å². The zero-order valence-corrected chi connectivity index (χ0v) is 20.2. The Hall–Kier alpha value is -1.60. The molecule has 1 aliphatic heterocycles. The maximum atomic E-state index is 13.5. The van der Waals surface area contributed by atoms with Gasteiger partial charge in [0.05, 0.1) is 12.2 Å². The van der Waals surface area contributed by atoms with E-state index in [-0.39, 0.29) is 34.7 Å². The number of rotatable bonds is 3. The van der Waals surface area contributed by atoms with Gasteiger partial charge in [0.25, 0.3) is 0 Å². The van der Waals surface area contributed by atoms with Crippen LogP contribution in [0.1, 0.15) is 65.2 Å². The average molecular weight is 469 g/mol. The van der Waals surface area contributed by atoms with Gasteiger partial charge in [-0.3, -0.25) is 9.59 Å². The van der Waals surface area contributed by atoms with E-state index in [4.69, 9.17) is 9.47 Å². The largest absolute Gasteiger partial charge is 0.393 e. The van der Waals surface area contributed by atoms with Gasteiger partial charge >= 0.3 is 0 Å². The van der Waals surface area contributed by atoms with Crippen LogP contribution in [0.3, 0.4) is 0 Å². The minimum Gasteiger partial charge on any atom is -0.393 e. The second-order valence-corrected chi connectivity index (χ2v) is 11.9. The Balaban J connectivity index is 1.39. The predicted octanol–water partition coefficient (Wildman–Crippen LogP) is 3.42. The van der Waals surface area contributed by atoms with Gasteiger partial charge < -0.3 is 19.7 Å². The van der Waals surface area contributed by atoms with Crippen LogP contribution in [-0.2, 0) is 19.1 Å². The maximum absolute atomic E-state index is 13.5. The smallest absolute Gasteiger partial charge is 0.193 e. The summed E-state index contributed by atoms with van der Waals surface area (Å²) in [6.45, 7) is 3.64. The van der Waals surface area contributed by atoms with Gasteiger partial charge in [-0.05, 0) is 80.9 Å². The van der Waals surface area contributed by atoms with Gasteiger partial charge in [-0.1, -0.05) is 31.6 Å². The summed E-state index contributed by atoms with van der Waals surface area (Å²) in [6.07, 6.45) is 12.9. The minimum atomic E-state index is -1.24. The second kappa shape index (κ2) is 7.70. The Kier molecular flexibility index (Phi) is 5.17. The third kappa shape index (κ3) is 2.83. The van der Waals surface area contributed by atoms with Gasteiger partial charge in [-0.15, -0.1) is 0 Å². The van der Waals surface area contributed by atoms with Crippen molar-refractivity contribution in [1.29, 1.82) is 0 Å². The van der Waals surface area contributed by atoms with E-state index in [0.29, 0.717) is 12.8 Å². The summed E-state index contributed by atoms with van der Waals surface area (Å²) in [5.74, 6) is -0.00660. The van der Waals surface area contributed by atoms with Crippen LogP contribution in [0.5, 0.6) is 0 Å². The van der Waals surface area contributed by atoms with Gasteiger partial charge in [-0.2, -0.15) is 0 Å². The maximum Gasteiger partial charge on any atom is 0.193 e. The van der Waals surface area contributed by atoms with Crippen molar-refractivity contribution in [2.24, 2.45) is 28.6 Å². The number of carbonyl (C=O) groups excluding carboxylic acids is 2. The van der Waals surface area contributed by atoms with Crippen LogP contribution < -0.4 is 0 Å². The molecule has 6 rings (SSSR count). The summed E-state index contributed by atoms with van der Waals surface area (Å²) < 4.78 is 13.1. The average Bonchev–Trinajstić information content (AvgIpc) is 3.32. The van der Waals surface area contributed by atoms with Crippen LogP contribution in [0.2, 0.25) is 0 Å². The first-order valence-electron chi connectivity index (χ1n) is 13.0. The van der Waals surface area contributed by atoms with Gasteiger partial charge in [-0.25, -0.2) is 0 Å². The lowest BCUT2D eigenvalue weighted by Crippen LogP contribution is -2.63. The van der Waals surface area contributed by atoms with Crippen LogP contribution >= 0.6 is 0 Å². The first-order valence-corrected chi connectivity index (χ1v) is 13.0. The minimum absolute atomic E-state index is 0.0214. The van der Waals surface area contributed by atoms with Crippen LogP contribution in [0.4, 0.5) is 0 Å².